The fourth-order valence-electron chi connectivity index (χ4n) is 1.31. The number of benzene rings is 1. The first kappa shape index (κ1) is 12.9. The van der Waals surface area contributed by atoms with Crippen LogP contribution in [0.2, 0.25) is 0 Å². The molecule has 0 bridgehead atoms. The maximum Gasteiger partial charge on any atom is 0.271 e. The molecule has 0 aliphatic carbocycles. The summed E-state index contributed by atoms with van der Waals surface area (Å²) < 4.78 is 0. The molecule has 96 valence electrons. The minimum Gasteiger partial charge on any atom is -0.267 e. The van der Waals surface area contributed by atoms with Crippen LogP contribution in [0.3, 0.4) is 0 Å². The Morgan fingerprint density at radius 3 is 2.63 bits per heavy atom. The highest BCUT2D eigenvalue weighted by molar-refractivity contribution is 7.08. The minimum absolute atomic E-state index is 0.0571. The second-order valence-corrected chi connectivity index (χ2v) is 4.34. The van der Waals surface area contributed by atoms with E-state index < -0.39 is 10.8 Å². The van der Waals surface area contributed by atoms with Crippen molar-refractivity contribution in [2.24, 2.45) is 5.10 Å². The van der Waals surface area contributed by atoms with Crippen molar-refractivity contribution in [1.82, 2.24) is 5.43 Å². The van der Waals surface area contributed by atoms with E-state index >= 15 is 0 Å². The van der Waals surface area contributed by atoms with E-state index in [1.54, 1.807) is 0 Å². The number of carbonyl (C=O) groups is 1. The molecule has 19 heavy (non-hydrogen) atoms. The van der Waals surface area contributed by atoms with Crippen molar-refractivity contribution in [3.05, 3.63) is 62.3 Å². The Hall–Kier alpha value is -2.54. The average Bonchev–Trinajstić information content (AvgIpc) is 2.92. The Bertz CT molecular complexity index is 606. The van der Waals surface area contributed by atoms with Gasteiger partial charge in [0.05, 0.1) is 11.1 Å². The number of thiophene rings is 1. The van der Waals surface area contributed by atoms with Gasteiger partial charge in [-0.3, -0.25) is 14.9 Å². The predicted octanol–water partition coefficient (Wildman–Crippen LogP) is 2.42. The van der Waals surface area contributed by atoms with Gasteiger partial charge in [0.25, 0.3) is 11.6 Å². The van der Waals surface area contributed by atoms with E-state index in [9.17, 15) is 14.9 Å². The molecule has 0 saturated carbocycles. The first-order valence-electron chi connectivity index (χ1n) is 5.27. The molecule has 2 aromatic rings. The lowest BCUT2D eigenvalue weighted by atomic mass is 10.2. The molecule has 0 radical (unpaired) electrons. The third-order valence-electron chi connectivity index (χ3n) is 2.26. The number of amides is 1. The second-order valence-electron chi connectivity index (χ2n) is 3.56. The van der Waals surface area contributed by atoms with Gasteiger partial charge in [-0.15, -0.1) is 0 Å². The molecule has 7 heteroatoms. The molecule has 1 aromatic heterocycles. The molecule has 6 nitrogen and oxygen atoms in total. The van der Waals surface area contributed by atoms with E-state index in [2.05, 4.69) is 10.5 Å². The van der Waals surface area contributed by atoms with Crippen molar-refractivity contribution in [2.45, 2.75) is 0 Å². The van der Waals surface area contributed by atoms with E-state index in [0.717, 1.165) is 5.56 Å². The summed E-state index contributed by atoms with van der Waals surface area (Å²) in [5.74, 6) is -0.415. The number of hydrazone groups is 1. The molecule has 0 atom stereocenters. The summed E-state index contributed by atoms with van der Waals surface area (Å²) in [5.41, 5.74) is 3.50. The van der Waals surface area contributed by atoms with Gasteiger partial charge in [0.15, 0.2) is 0 Å². The largest absolute Gasteiger partial charge is 0.271 e. The maximum atomic E-state index is 11.7. The van der Waals surface area contributed by atoms with E-state index in [-0.39, 0.29) is 5.69 Å². The van der Waals surface area contributed by atoms with E-state index in [0.29, 0.717) is 5.56 Å². The minimum atomic E-state index is -0.517. The summed E-state index contributed by atoms with van der Waals surface area (Å²) in [6, 6.07) is 7.18. The normalized spacial score (nSPS) is 10.5. The number of rotatable bonds is 4. The Balaban J connectivity index is 1.98. The number of nitro groups is 1. The van der Waals surface area contributed by atoms with E-state index in [1.165, 1.54) is 41.8 Å². The van der Waals surface area contributed by atoms with Crippen LogP contribution < -0.4 is 5.43 Å². The molecule has 1 N–H and O–H groups in total. The summed E-state index contributed by atoms with van der Waals surface area (Å²) in [4.78, 5) is 21.6. The molecular formula is C12H9N3O3S. The SMILES string of the molecule is O=C(N/N=C/c1ccsc1)c1ccc([N+](=O)[O-])cc1. The number of non-ortho nitro benzene ring substituents is 1. The third kappa shape index (κ3) is 3.46. The van der Waals surface area contributed by atoms with Crippen LogP contribution >= 0.6 is 11.3 Å². The molecule has 2 rings (SSSR count). The summed E-state index contributed by atoms with van der Waals surface area (Å²) in [5, 5.41) is 18.1. The van der Waals surface area contributed by atoms with Gasteiger partial charge in [-0.25, -0.2) is 5.43 Å². The first-order chi connectivity index (χ1) is 9.16. The molecule has 0 fully saturated rings. The van der Waals surface area contributed by atoms with Gasteiger partial charge in [0.2, 0.25) is 0 Å². The number of hydrogen-bond acceptors (Lipinski definition) is 5. The monoisotopic (exact) mass is 275 g/mol. The summed E-state index contributed by atoms with van der Waals surface area (Å²) in [6.07, 6.45) is 1.53. The van der Waals surface area contributed by atoms with Gasteiger partial charge >= 0.3 is 0 Å². The van der Waals surface area contributed by atoms with Crippen LogP contribution in [0.4, 0.5) is 5.69 Å². The zero-order valence-electron chi connectivity index (χ0n) is 9.65. The molecule has 0 unspecified atom stereocenters. The van der Waals surface area contributed by atoms with Crippen LogP contribution in [0.25, 0.3) is 0 Å². The van der Waals surface area contributed by atoms with Gasteiger partial charge in [-0.2, -0.15) is 16.4 Å². The predicted molar refractivity (Wildman–Crippen MR) is 72.5 cm³/mol. The van der Waals surface area contributed by atoms with Crippen molar-refractivity contribution < 1.29 is 9.72 Å². The topological polar surface area (TPSA) is 84.6 Å². The van der Waals surface area contributed by atoms with Crippen LogP contribution in [-0.4, -0.2) is 17.0 Å². The highest BCUT2D eigenvalue weighted by atomic mass is 32.1. The lowest BCUT2D eigenvalue weighted by Crippen LogP contribution is -2.17. The first-order valence-corrected chi connectivity index (χ1v) is 6.21. The maximum absolute atomic E-state index is 11.7. The number of carbonyl (C=O) groups excluding carboxylic acids is 1. The number of nitro benzene ring substituents is 1. The van der Waals surface area contributed by atoms with Gasteiger partial charge < -0.3 is 0 Å². The van der Waals surface area contributed by atoms with Crippen LogP contribution in [0.15, 0.2) is 46.2 Å². The fraction of sp³-hybridized carbons (Fsp3) is 0. The lowest BCUT2D eigenvalue weighted by molar-refractivity contribution is -0.384. The summed E-state index contributed by atoms with van der Waals surface area (Å²) >= 11 is 1.53. The Kier molecular flexibility index (Phi) is 3.99. The second kappa shape index (κ2) is 5.87. The zero-order valence-corrected chi connectivity index (χ0v) is 10.5. The van der Waals surface area contributed by atoms with Crippen molar-refractivity contribution in [3.8, 4) is 0 Å². The molecule has 1 aromatic carbocycles. The molecule has 1 heterocycles. The summed E-state index contributed by atoms with van der Waals surface area (Å²) in [7, 11) is 0. The van der Waals surface area contributed by atoms with Crippen LogP contribution in [0, 0.1) is 10.1 Å². The highest BCUT2D eigenvalue weighted by Crippen LogP contribution is 2.11. The number of hydrogen-bond donors (Lipinski definition) is 1. The number of nitrogens with zero attached hydrogens (tertiary/aromatic N) is 2. The zero-order chi connectivity index (χ0) is 13.7. The van der Waals surface area contributed by atoms with Gasteiger partial charge in [-0.05, 0) is 29.0 Å². The highest BCUT2D eigenvalue weighted by Gasteiger charge is 2.08. The molecule has 0 saturated heterocycles. The lowest BCUT2D eigenvalue weighted by Gasteiger charge is -1.98. The third-order valence-corrected chi connectivity index (χ3v) is 2.96. The Morgan fingerprint density at radius 1 is 1.32 bits per heavy atom. The average molecular weight is 275 g/mol. The van der Waals surface area contributed by atoms with E-state index in [1.807, 2.05) is 16.8 Å². The van der Waals surface area contributed by atoms with Crippen molar-refractivity contribution in [3.63, 3.8) is 0 Å². The molecule has 0 aliphatic rings. The van der Waals surface area contributed by atoms with Gasteiger partial charge in [0, 0.05) is 23.3 Å². The molecule has 0 aliphatic heterocycles. The van der Waals surface area contributed by atoms with Crippen molar-refractivity contribution in [1.29, 1.82) is 0 Å². The Labute approximate surface area is 112 Å². The van der Waals surface area contributed by atoms with Crippen LogP contribution in [0.1, 0.15) is 15.9 Å². The van der Waals surface area contributed by atoms with Crippen LogP contribution in [-0.2, 0) is 0 Å². The number of nitrogens with one attached hydrogen (secondary N) is 1. The van der Waals surface area contributed by atoms with Crippen molar-refractivity contribution in [2.75, 3.05) is 0 Å². The smallest absolute Gasteiger partial charge is 0.267 e. The van der Waals surface area contributed by atoms with Gasteiger partial charge in [0.1, 0.15) is 0 Å². The molecule has 1 amide bonds. The Morgan fingerprint density at radius 2 is 2.05 bits per heavy atom. The van der Waals surface area contributed by atoms with Crippen molar-refractivity contribution >= 4 is 29.1 Å². The van der Waals surface area contributed by atoms with E-state index in [4.69, 9.17) is 0 Å². The summed E-state index contributed by atoms with van der Waals surface area (Å²) in [6.45, 7) is 0. The van der Waals surface area contributed by atoms with Crippen LogP contribution in [0.5, 0.6) is 0 Å². The molecule has 0 spiro atoms. The molecular weight excluding hydrogens is 266 g/mol. The van der Waals surface area contributed by atoms with Gasteiger partial charge in [-0.1, -0.05) is 0 Å². The quantitative estimate of drug-likeness (QED) is 0.528. The fourth-order valence-corrected chi connectivity index (χ4v) is 1.92. The standard InChI is InChI=1S/C12H9N3O3S/c16-12(14-13-7-9-5-6-19-8-9)10-1-3-11(4-2-10)15(17)18/h1-8H,(H,14,16)/b13-7+.